The molecule has 2 N–H and O–H groups in total. The van der Waals surface area contributed by atoms with Crippen LogP contribution in [0.15, 0.2) is 27.1 Å². The van der Waals surface area contributed by atoms with E-state index in [9.17, 15) is 8.42 Å². The van der Waals surface area contributed by atoms with Crippen LogP contribution in [0.5, 0.6) is 0 Å². The molecule has 20 heavy (non-hydrogen) atoms. The molecule has 0 unspecified atom stereocenters. The van der Waals surface area contributed by atoms with Crippen molar-refractivity contribution >= 4 is 47.8 Å². The van der Waals surface area contributed by atoms with E-state index >= 15 is 0 Å². The van der Waals surface area contributed by atoms with E-state index in [1.807, 2.05) is 0 Å². The number of aliphatic hydroxyl groups is 1. The van der Waals surface area contributed by atoms with Gasteiger partial charge in [0.05, 0.1) is 5.69 Å². The second kappa shape index (κ2) is 6.74. The first-order valence-corrected chi connectivity index (χ1v) is 9.29. The molecule has 1 aromatic carbocycles. The Morgan fingerprint density at radius 3 is 2.50 bits per heavy atom. The lowest BCUT2D eigenvalue weighted by molar-refractivity contribution is 0.170. The number of aliphatic hydroxyl groups excluding tert-OH is 1. The number of hydrogen-bond acceptors (Lipinski definition) is 3. The van der Waals surface area contributed by atoms with Gasteiger partial charge < -0.3 is 5.11 Å². The van der Waals surface area contributed by atoms with Gasteiger partial charge in [-0.15, -0.1) is 0 Å². The van der Waals surface area contributed by atoms with Gasteiger partial charge in [0.2, 0.25) is 0 Å². The Balaban J connectivity index is 2.08. The summed E-state index contributed by atoms with van der Waals surface area (Å²) in [5.74, 6) is 0.209. The minimum atomic E-state index is -3.55. The number of nitrogens with one attached hydrogen (secondary N) is 1. The molecule has 0 spiro atoms. The van der Waals surface area contributed by atoms with Crippen LogP contribution in [0.3, 0.4) is 0 Å². The van der Waals surface area contributed by atoms with E-state index in [-0.39, 0.29) is 12.5 Å². The highest BCUT2D eigenvalue weighted by Gasteiger charge is 2.28. The molecule has 1 aromatic rings. The molecule has 0 radical (unpaired) electrons. The van der Waals surface area contributed by atoms with Crippen molar-refractivity contribution in [3.63, 3.8) is 0 Å². The molecule has 0 saturated carbocycles. The summed E-state index contributed by atoms with van der Waals surface area (Å²) in [6.07, 6.45) is 1.39. The topological polar surface area (TPSA) is 69.6 Å². The number of anilines is 1. The highest BCUT2D eigenvalue weighted by molar-refractivity contribution is 9.11. The van der Waals surface area contributed by atoms with Crippen molar-refractivity contribution < 1.29 is 13.5 Å². The van der Waals surface area contributed by atoms with Crippen LogP contribution < -0.4 is 4.72 Å². The lowest BCUT2D eigenvalue weighted by Crippen LogP contribution is -2.42. The number of halogens is 2. The van der Waals surface area contributed by atoms with E-state index < -0.39 is 10.2 Å². The first-order chi connectivity index (χ1) is 9.42. The van der Waals surface area contributed by atoms with E-state index in [0.29, 0.717) is 36.1 Å². The molecule has 112 valence electrons. The van der Waals surface area contributed by atoms with Gasteiger partial charge in [-0.3, -0.25) is 4.72 Å². The van der Waals surface area contributed by atoms with E-state index in [1.54, 1.807) is 18.2 Å². The third-order valence-corrected chi connectivity index (χ3v) is 6.01. The van der Waals surface area contributed by atoms with Crippen LogP contribution in [0, 0.1) is 5.92 Å². The third kappa shape index (κ3) is 3.94. The van der Waals surface area contributed by atoms with Gasteiger partial charge in [0.25, 0.3) is 0 Å². The van der Waals surface area contributed by atoms with Crippen molar-refractivity contribution in [3.05, 3.63) is 27.1 Å². The molecular formula is C12H16Br2N2O3S. The molecule has 0 atom stereocenters. The average Bonchev–Trinajstić information content (AvgIpc) is 2.42. The van der Waals surface area contributed by atoms with Gasteiger partial charge in [-0.05, 0) is 52.9 Å². The molecule has 5 nitrogen and oxygen atoms in total. The van der Waals surface area contributed by atoms with Crippen LogP contribution in [0.25, 0.3) is 0 Å². The fourth-order valence-electron chi connectivity index (χ4n) is 2.11. The number of nitrogens with zero attached hydrogens (tertiary/aromatic N) is 1. The lowest BCUT2D eigenvalue weighted by Gasteiger charge is -2.30. The Bertz CT molecular complexity index is 572. The van der Waals surface area contributed by atoms with Gasteiger partial charge >= 0.3 is 10.2 Å². The maximum Gasteiger partial charge on any atom is 0.301 e. The van der Waals surface area contributed by atoms with Crippen LogP contribution in [0.2, 0.25) is 0 Å². The summed E-state index contributed by atoms with van der Waals surface area (Å²) in [5, 5.41) is 9.08. The molecule has 0 bridgehead atoms. The minimum Gasteiger partial charge on any atom is -0.396 e. The molecular weight excluding hydrogens is 412 g/mol. The number of rotatable bonds is 4. The third-order valence-electron chi connectivity index (χ3n) is 3.34. The van der Waals surface area contributed by atoms with Crippen LogP contribution >= 0.6 is 31.9 Å². The molecule has 8 heteroatoms. The summed E-state index contributed by atoms with van der Waals surface area (Å²) in [7, 11) is -3.55. The first kappa shape index (κ1) is 16.2. The van der Waals surface area contributed by atoms with E-state index in [1.165, 1.54) is 4.31 Å². The number of benzene rings is 1. The SMILES string of the molecule is O=S(=O)(Nc1ccc(Br)cc1Br)N1CCC(CO)CC1. The summed E-state index contributed by atoms with van der Waals surface area (Å²) < 4.78 is 30.2. The van der Waals surface area contributed by atoms with E-state index in [2.05, 4.69) is 36.6 Å². The van der Waals surface area contributed by atoms with Gasteiger partial charge in [-0.25, -0.2) is 0 Å². The van der Waals surface area contributed by atoms with Gasteiger partial charge in [-0.1, -0.05) is 15.9 Å². The van der Waals surface area contributed by atoms with Gasteiger partial charge in [0.1, 0.15) is 0 Å². The molecule has 1 fully saturated rings. The number of piperidine rings is 1. The van der Waals surface area contributed by atoms with Crippen molar-refractivity contribution in [3.8, 4) is 0 Å². The molecule has 1 aliphatic rings. The summed E-state index contributed by atoms with van der Waals surface area (Å²) in [6.45, 7) is 1.00. The van der Waals surface area contributed by atoms with Crippen LogP contribution in [0.1, 0.15) is 12.8 Å². The Hall–Kier alpha value is -0.150. The highest BCUT2D eigenvalue weighted by Crippen LogP contribution is 2.28. The quantitative estimate of drug-likeness (QED) is 0.775. The van der Waals surface area contributed by atoms with Crippen LogP contribution in [-0.2, 0) is 10.2 Å². The van der Waals surface area contributed by atoms with Crippen molar-refractivity contribution in [2.24, 2.45) is 5.92 Å². The molecule has 1 aliphatic heterocycles. The second-order valence-electron chi connectivity index (χ2n) is 4.76. The Morgan fingerprint density at radius 1 is 1.30 bits per heavy atom. The Morgan fingerprint density at radius 2 is 1.95 bits per heavy atom. The molecule has 0 aliphatic carbocycles. The second-order valence-corrected chi connectivity index (χ2v) is 8.20. The Kier molecular flexibility index (Phi) is 5.47. The molecule has 1 saturated heterocycles. The van der Waals surface area contributed by atoms with E-state index in [0.717, 1.165) is 4.47 Å². The van der Waals surface area contributed by atoms with Gasteiger partial charge in [0, 0.05) is 28.6 Å². The summed E-state index contributed by atoms with van der Waals surface area (Å²) in [6, 6.07) is 5.27. The smallest absolute Gasteiger partial charge is 0.301 e. The van der Waals surface area contributed by atoms with Crippen molar-refractivity contribution in [1.82, 2.24) is 4.31 Å². The zero-order chi connectivity index (χ0) is 14.8. The highest BCUT2D eigenvalue weighted by atomic mass is 79.9. The van der Waals surface area contributed by atoms with Crippen molar-refractivity contribution in [2.75, 3.05) is 24.4 Å². The lowest BCUT2D eigenvalue weighted by atomic mass is 10.00. The first-order valence-electron chi connectivity index (χ1n) is 6.26. The van der Waals surface area contributed by atoms with Crippen molar-refractivity contribution in [2.45, 2.75) is 12.8 Å². The maximum absolute atomic E-state index is 12.3. The fraction of sp³-hybridized carbons (Fsp3) is 0.500. The fourth-order valence-corrected chi connectivity index (χ4v) is 4.66. The zero-order valence-electron chi connectivity index (χ0n) is 10.7. The predicted molar refractivity (Wildman–Crippen MR) is 85.8 cm³/mol. The monoisotopic (exact) mass is 426 g/mol. The molecule has 2 rings (SSSR count). The van der Waals surface area contributed by atoms with E-state index in [4.69, 9.17) is 5.11 Å². The van der Waals surface area contributed by atoms with Crippen LogP contribution in [0.4, 0.5) is 5.69 Å². The predicted octanol–water partition coefficient (Wildman–Crippen LogP) is 2.57. The summed E-state index contributed by atoms with van der Waals surface area (Å²) in [4.78, 5) is 0. The van der Waals surface area contributed by atoms with Crippen molar-refractivity contribution in [1.29, 1.82) is 0 Å². The Labute approximate surface area is 135 Å². The molecule has 0 amide bonds. The standard InChI is InChI=1S/C12H16Br2N2O3S/c13-10-1-2-12(11(14)7-10)15-20(18,19)16-5-3-9(8-17)4-6-16/h1-2,7,9,15,17H,3-6,8H2. The maximum atomic E-state index is 12.3. The van der Waals surface area contributed by atoms with Gasteiger partial charge in [-0.2, -0.15) is 12.7 Å². The normalized spacial score (nSPS) is 18.1. The largest absolute Gasteiger partial charge is 0.396 e. The summed E-state index contributed by atoms with van der Waals surface area (Å²) in [5.41, 5.74) is 0.512. The molecule has 1 heterocycles. The average molecular weight is 428 g/mol. The minimum absolute atomic E-state index is 0.125. The van der Waals surface area contributed by atoms with Crippen LogP contribution in [-0.4, -0.2) is 37.5 Å². The molecule has 0 aromatic heterocycles. The summed E-state index contributed by atoms with van der Waals surface area (Å²) >= 11 is 6.66. The zero-order valence-corrected chi connectivity index (χ0v) is 14.7. The number of hydrogen-bond donors (Lipinski definition) is 2. The van der Waals surface area contributed by atoms with Gasteiger partial charge in [0.15, 0.2) is 0 Å².